The molecule has 2 aromatic carbocycles. The summed E-state index contributed by atoms with van der Waals surface area (Å²) in [5.74, 6) is 0. The number of halogens is 1. The van der Waals surface area contributed by atoms with Crippen LogP contribution in [0.1, 0.15) is 11.1 Å². The number of anilines is 1. The normalized spacial score (nSPS) is 10.4. The first-order valence-corrected chi connectivity index (χ1v) is 6.64. The molecule has 1 aromatic heterocycles. The zero-order chi connectivity index (χ0) is 13.9. The largest absolute Gasteiger partial charge is 0.381 e. The summed E-state index contributed by atoms with van der Waals surface area (Å²) >= 11 is 5.92. The van der Waals surface area contributed by atoms with Crippen molar-refractivity contribution in [2.24, 2.45) is 0 Å². The molecule has 0 bridgehead atoms. The lowest BCUT2D eigenvalue weighted by atomic mass is 10.1. The lowest BCUT2D eigenvalue weighted by molar-refractivity contribution is 1.16. The Hall–Kier alpha value is -2.44. The summed E-state index contributed by atoms with van der Waals surface area (Å²) in [6.07, 6.45) is 1.93. The van der Waals surface area contributed by atoms with E-state index in [9.17, 15) is 0 Å². The number of fused-ring (bicyclic) bond motifs is 1. The van der Waals surface area contributed by atoms with Gasteiger partial charge in [-0.1, -0.05) is 29.8 Å². The maximum absolute atomic E-state index is 8.97. The highest BCUT2D eigenvalue weighted by molar-refractivity contribution is 6.31. The van der Waals surface area contributed by atoms with Crippen molar-refractivity contribution >= 4 is 28.2 Å². The Morgan fingerprint density at radius 1 is 1.20 bits per heavy atom. The quantitative estimate of drug-likeness (QED) is 0.752. The van der Waals surface area contributed by atoms with Crippen LogP contribution in [0.15, 0.2) is 48.7 Å². The third kappa shape index (κ3) is 2.34. The van der Waals surface area contributed by atoms with Crippen LogP contribution in [0.4, 0.5) is 5.69 Å². The fourth-order valence-corrected chi connectivity index (χ4v) is 2.38. The van der Waals surface area contributed by atoms with E-state index < -0.39 is 0 Å². The van der Waals surface area contributed by atoms with Crippen molar-refractivity contribution in [3.63, 3.8) is 0 Å². The van der Waals surface area contributed by atoms with Crippen LogP contribution < -0.4 is 5.32 Å². The van der Waals surface area contributed by atoms with Gasteiger partial charge in [-0.3, -0.25) is 0 Å². The molecule has 0 saturated carbocycles. The summed E-state index contributed by atoms with van der Waals surface area (Å²) in [5.41, 5.74) is 3.68. The molecule has 0 aliphatic heterocycles. The highest BCUT2D eigenvalue weighted by Crippen LogP contribution is 2.22. The summed E-state index contributed by atoms with van der Waals surface area (Å²) in [5, 5.41) is 14.0. The lowest BCUT2D eigenvalue weighted by Gasteiger charge is -2.08. The zero-order valence-electron chi connectivity index (χ0n) is 10.7. The minimum atomic E-state index is 0.476. The zero-order valence-corrected chi connectivity index (χ0v) is 11.4. The summed E-state index contributed by atoms with van der Waals surface area (Å²) in [4.78, 5) is 3.24. The van der Waals surface area contributed by atoms with E-state index in [1.54, 1.807) is 12.1 Å². The van der Waals surface area contributed by atoms with Crippen LogP contribution in [0.2, 0.25) is 5.02 Å². The first-order chi connectivity index (χ1) is 9.78. The maximum Gasteiger partial charge on any atom is 0.101 e. The van der Waals surface area contributed by atoms with E-state index in [0.29, 0.717) is 17.1 Å². The summed E-state index contributed by atoms with van der Waals surface area (Å²) in [6, 6.07) is 15.7. The van der Waals surface area contributed by atoms with Crippen LogP contribution in [0.3, 0.4) is 0 Å². The Bertz CT molecular complexity index is 799. The lowest BCUT2D eigenvalue weighted by Crippen LogP contribution is -2.00. The van der Waals surface area contributed by atoms with Gasteiger partial charge in [0.2, 0.25) is 0 Å². The number of aromatic amines is 1. The molecule has 3 nitrogen and oxygen atoms in total. The van der Waals surface area contributed by atoms with Gasteiger partial charge in [-0.05, 0) is 35.2 Å². The molecule has 3 rings (SSSR count). The molecule has 3 aromatic rings. The van der Waals surface area contributed by atoms with Crippen LogP contribution in [0.5, 0.6) is 0 Å². The predicted octanol–water partition coefficient (Wildman–Crippen LogP) is 4.31. The second-order valence-electron chi connectivity index (χ2n) is 4.52. The first kappa shape index (κ1) is 12.6. The molecule has 0 unspecified atom stereocenters. The number of para-hydroxylation sites is 1. The van der Waals surface area contributed by atoms with Gasteiger partial charge in [0, 0.05) is 18.4 Å². The Morgan fingerprint density at radius 3 is 2.95 bits per heavy atom. The van der Waals surface area contributed by atoms with Gasteiger partial charge in [0.15, 0.2) is 0 Å². The third-order valence-corrected chi connectivity index (χ3v) is 3.57. The topological polar surface area (TPSA) is 51.6 Å². The molecule has 0 aliphatic carbocycles. The number of hydrogen-bond donors (Lipinski definition) is 2. The van der Waals surface area contributed by atoms with Gasteiger partial charge in [0.05, 0.1) is 16.1 Å². The van der Waals surface area contributed by atoms with Crippen molar-refractivity contribution in [3.8, 4) is 6.07 Å². The Morgan fingerprint density at radius 2 is 2.10 bits per heavy atom. The molecule has 0 fully saturated rings. The molecule has 4 heteroatoms. The van der Waals surface area contributed by atoms with Crippen molar-refractivity contribution < 1.29 is 0 Å². The van der Waals surface area contributed by atoms with Gasteiger partial charge in [-0.25, -0.2) is 0 Å². The molecular formula is C16H12ClN3. The van der Waals surface area contributed by atoms with Crippen molar-refractivity contribution in [1.82, 2.24) is 4.98 Å². The molecule has 98 valence electrons. The average molecular weight is 282 g/mol. The molecule has 1 heterocycles. The van der Waals surface area contributed by atoms with E-state index >= 15 is 0 Å². The van der Waals surface area contributed by atoms with Gasteiger partial charge in [-0.2, -0.15) is 5.26 Å². The Balaban J connectivity index is 1.83. The molecule has 0 spiro atoms. The smallest absolute Gasteiger partial charge is 0.101 e. The number of nitrogens with one attached hydrogen (secondary N) is 2. The van der Waals surface area contributed by atoms with E-state index in [1.807, 2.05) is 18.3 Å². The Kier molecular flexibility index (Phi) is 3.32. The number of hydrogen-bond acceptors (Lipinski definition) is 2. The molecular weight excluding hydrogens is 270 g/mol. The molecule has 0 amide bonds. The van der Waals surface area contributed by atoms with E-state index in [4.69, 9.17) is 16.9 Å². The highest BCUT2D eigenvalue weighted by atomic mass is 35.5. The Labute approximate surface area is 121 Å². The fraction of sp³-hybridized carbons (Fsp3) is 0.0625. The van der Waals surface area contributed by atoms with Crippen molar-refractivity contribution in [2.45, 2.75) is 6.54 Å². The van der Waals surface area contributed by atoms with Crippen molar-refractivity contribution in [3.05, 3.63) is 64.8 Å². The van der Waals surface area contributed by atoms with Crippen LogP contribution >= 0.6 is 11.6 Å². The second kappa shape index (κ2) is 5.28. The van der Waals surface area contributed by atoms with E-state index in [0.717, 1.165) is 11.2 Å². The number of H-pyrrole nitrogens is 1. The minimum absolute atomic E-state index is 0.476. The molecule has 20 heavy (non-hydrogen) atoms. The van der Waals surface area contributed by atoms with Gasteiger partial charge in [-0.15, -0.1) is 0 Å². The molecule has 0 atom stereocenters. The molecule has 0 radical (unpaired) electrons. The average Bonchev–Trinajstić information content (AvgIpc) is 2.95. The van der Waals surface area contributed by atoms with Gasteiger partial charge in [0.25, 0.3) is 0 Å². The number of benzene rings is 2. The third-order valence-electron chi connectivity index (χ3n) is 3.24. The van der Waals surface area contributed by atoms with E-state index in [-0.39, 0.29) is 0 Å². The standard InChI is InChI=1S/C16H12ClN3/c17-15-5-4-14(8-13(15)9-18)20-10-12-3-1-2-11-6-7-19-16(11)12/h1-8,19-20H,10H2. The number of rotatable bonds is 3. The molecule has 0 saturated heterocycles. The fourth-order valence-electron chi connectivity index (χ4n) is 2.22. The molecule has 2 N–H and O–H groups in total. The SMILES string of the molecule is N#Cc1cc(NCc2cccc3cc[nH]c23)ccc1Cl. The minimum Gasteiger partial charge on any atom is -0.381 e. The first-order valence-electron chi connectivity index (χ1n) is 6.26. The van der Waals surface area contributed by atoms with Crippen LogP contribution in [-0.4, -0.2) is 4.98 Å². The van der Waals surface area contributed by atoms with Crippen LogP contribution in [0, 0.1) is 11.3 Å². The monoisotopic (exact) mass is 281 g/mol. The summed E-state index contributed by atoms with van der Waals surface area (Å²) in [6.45, 7) is 0.685. The number of nitriles is 1. The van der Waals surface area contributed by atoms with E-state index in [2.05, 4.69) is 34.6 Å². The number of nitrogens with zero attached hydrogens (tertiary/aromatic N) is 1. The van der Waals surface area contributed by atoms with Crippen LogP contribution in [0.25, 0.3) is 10.9 Å². The summed E-state index contributed by atoms with van der Waals surface area (Å²) < 4.78 is 0. The number of aromatic nitrogens is 1. The molecule has 0 aliphatic rings. The predicted molar refractivity (Wildman–Crippen MR) is 81.8 cm³/mol. The van der Waals surface area contributed by atoms with E-state index in [1.165, 1.54) is 10.9 Å². The van der Waals surface area contributed by atoms with Gasteiger partial charge >= 0.3 is 0 Å². The second-order valence-corrected chi connectivity index (χ2v) is 4.93. The van der Waals surface area contributed by atoms with Crippen LogP contribution in [-0.2, 0) is 6.54 Å². The van der Waals surface area contributed by atoms with Crippen molar-refractivity contribution in [2.75, 3.05) is 5.32 Å². The van der Waals surface area contributed by atoms with Crippen molar-refractivity contribution in [1.29, 1.82) is 5.26 Å². The maximum atomic E-state index is 8.97. The summed E-state index contributed by atoms with van der Waals surface area (Å²) in [7, 11) is 0. The van der Waals surface area contributed by atoms with Gasteiger partial charge in [0.1, 0.15) is 6.07 Å². The highest BCUT2D eigenvalue weighted by Gasteiger charge is 2.03. The van der Waals surface area contributed by atoms with Gasteiger partial charge < -0.3 is 10.3 Å².